The molecule has 4 nitrogen and oxygen atoms in total. The summed E-state index contributed by atoms with van der Waals surface area (Å²) in [6, 6.07) is 1.54. The number of halogens is 2. The minimum absolute atomic E-state index is 0.0869. The van der Waals surface area contributed by atoms with Crippen molar-refractivity contribution >= 4 is 17.6 Å². The minimum atomic E-state index is -0.884. The maximum atomic E-state index is 13.1. The molecule has 0 bridgehead atoms. The Bertz CT molecular complexity index is 388. The number of aromatic hydroxyl groups is 1. The van der Waals surface area contributed by atoms with Gasteiger partial charge in [-0.05, 0) is 24.1 Å². The van der Waals surface area contributed by atoms with E-state index in [1.165, 1.54) is 13.2 Å². The second-order valence-electron chi connectivity index (χ2n) is 3.24. The van der Waals surface area contributed by atoms with Crippen molar-refractivity contribution in [2.45, 2.75) is 12.5 Å². The van der Waals surface area contributed by atoms with Crippen molar-refractivity contribution in [1.29, 1.82) is 0 Å². The van der Waals surface area contributed by atoms with Crippen LogP contribution in [0, 0.1) is 5.82 Å². The molecule has 16 heavy (non-hydrogen) atoms. The summed E-state index contributed by atoms with van der Waals surface area (Å²) in [4.78, 5) is 11.0. The summed E-state index contributed by atoms with van der Waals surface area (Å²) in [5.74, 6) is -2.05. The first-order chi connectivity index (χ1) is 7.45. The summed E-state index contributed by atoms with van der Waals surface area (Å²) < 4.78 is 17.5. The van der Waals surface area contributed by atoms with Gasteiger partial charge < -0.3 is 15.6 Å². The quantitative estimate of drug-likeness (QED) is 0.788. The average molecular weight is 248 g/mol. The van der Waals surface area contributed by atoms with Gasteiger partial charge in [0.1, 0.15) is 6.04 Å². The number of hydrogen-bond acceptors (Lipinski definition) is 4. The zero-order valence-electron chi connectivity index (χ0n) is 8.54. The van der Waals surface area contributed by atoms with Crippen LogP contribution in [-0.2, 0) is 16.0 Å². The van der Waals surface area contributed by atoms with Crippen molar-refractivity contribution in [3.05, 3.63) is 28.5 Å². The van der Waals surface area contributed by atoms with Crippen LogP contribution in [0.3, 0.4) is 0 Å². The van der Waals surface area contributed by atoms with E-state index in [0.29, 0.717) is 5.56 Å². The van der Waals surface area contributed by atoms with Gasteiger partial charge in [0.15, 0.2) is 11.6 Å². The van der Waals surface area contributed by atoms with E-state index in [-0.39, 0.29) is 11.4 Å². The van der Waals surface area contributed by atoms with Crippen LogP contribution in [0.15, 0.2) is 12.1 Å². The number of methoxy groups -OCH3 is 1. The number of benzene rings is 1. The van der Waals surface area contributed by atoms with E-state index in [2.05, 4.69) is 4.74 Å². The lowest BCUT2D eigenvalue weighted by molar-refractivity contribution is -0.142. The first-order valence-corrected chi connectivity index (χ1v) is 4.83. The van der Waals surface area contributed by atoms with Crippen LogP contribution >= 0.6 is 11.6 Å². The third-order valence-corrected chi connectivity index (χ3v) is 2.32. The van der Waals surface area contributed by atoms with Gasteiger partial charge >= 0.3 is 5.97 Å². The molecule has 0 aromatic heterocycles. The van der Waals surface area contributed by atoms with Gasteiger partial charge in [0.05, 0.1) is 12.1 Å². The number of nitrogens with two attached hydrogens (primary N) is 1. The Kier molecular flexibility index (Phi) is 4.09. The summed E-state index contributed by atoms with van der Waals surface area (Å²) in [7, 11) is 1.21. The molecule has 0 spiro atoms. The SMILES string of the molecule is COC(=O)[C@H](N)Cc1cc(F)c(O)c(Cl)c1. The van der Waals surface area contributed by atoms with Crippen molar-refractivity contribution < 1.29 is 19.0 Å². The van der Waals surface area contributed by atoms with Gasteiger partial charge in [-0.1, -0.05) is 11.6 Å². The highest BCUT2D eigenvalue weighted by Gasteiger charge is 2.16. The van der Waals surface area contributed by atoms with Crippen molar-refractivity contribution in [2.24, 2.45) is 5.73 Å². The zero-order valence-corrected chi connectivity index (χ0v) is 9.29. The lowest BCUT2D eigenvalue weighted by Gasteiger charge is -2.10. The van der Waals surface area contributed by atoms with Crippen LogP contribution in [0.2, 0.25) is 5.02 Å². The van der Waals surface area contributed by atoms with E-state index in [0.717, 1.165) is 6.07 Å². The monoisotopic (exact) mass is 247 g/mol. The number of hydrogen-bond donors (Lipinski definition) is 2. The molecule has 0 saturated heterocycles. The summed E-state index contributed by atoms with van der Waals surface area (Å²) in [5, 5.41) is 8.97. The maximum absolute atomic E-state index is 13.1. The fourth-order valence-corrected chi connectivity index (χ4v) is 1.45. The summed E-state index contributed by atoms with van der Waals surface area (Å²) in [6.45, 7) is 0. The Morgan fingerprint density at radius 1 is 1.69 bits per heavy atom. The highest BCUT2D eigenvalue weighted by molar-refractivity contribution is 6.32. The number of phenols is 1. The third kappa shape index (κ3) is 2.84. The molecule has 0 saturated carbocycles. The van der Waals surface area contributed by atoms with Crippen LogP contribution in [-0.4, -0.2) is 24.2 Å². The van der Waals surface area contributed by atoms with Crippen molar-refractivity contribution in [3.8, 4) is 5.75 Å². The number of carbonyl (C=O) groups excluding carboxylic acids is 1. The molecular formula is C10H11ClFNO3. The number of rotatable bonds is 3. The average Bonchev–Trinajstić information content (AvgIpc) is 2.24. The molecule has 3 N–H and O–H groups in total. The van der Waals surface area contributed by atoms with Gasteiger partial charge in [0, 0.05) is 0 Å². The summed E-state index contributed by atoms with van der Waals surface area (Å²) in [5.41, 5.74) is 5.91. The van der Waals surface area contributed by atoms with Gasteiger partial charge in [0.25, 0.3) is 0 Å². The molecule has 1 aromatic carbocycles. The predicted octanol–water partition coefficient (Wildman–Crippen LogP) is 1.23. The molecule has 0 radical (unpaired) electrons. The lowest BCUT2D eigenvalue weighted by Crippen LogP contribution is -2.33. The molecule has 0 aliphatic heterocycles. The Hall–Kier alpha value is -1.33. The topological polar surface area (TPSA) is 72.5 Å². The molecule has 0 aliphatic rings. The smallest absolute Gasteiger partial charge is 0.322 e. The second kappa shape index (κ2) is 5.14. The Labute approximate surface area is 96.8 Å². The van der Waals surface area contributed by atoms with Crippen molar-refractivity contribution in [1.82, 2.24) is 0 Å². The van der Waals surface area contributed by atoms with Gasteiger partial charge in [0.2, 0.25) is 0 Å². The molecule has 1 rings (SSSR count). The molecule has 0 aliphatic carbocycles. The minimum Gasteiger partial charge on any atom is -0.504 e. The molecule has 6 heteroatoms. The molecule has 0 amide bonds. The first-order valence-electron chi connectivity index (χ1n) is 4.46. The molecule has 1 atom stereocenters. The lowest BCUT2D eigenvalue weighted by atomic mass is 10.1. The normalized spacial score (nSPS) is 12.2. The predicted molar refractivity (Wildman–Crippen MR) is 56.8 cm³/mol. The highest BCUT2D eigenvalue weighted by Crippen LogP contribution is 2.27. The summed E-state index contributed by atoms with van der Waals surface area (Å²) >= 11 is 5.57. The highest BCUT2D eigenvalue weighted by atomic mass is 35.5. The largest absolute Gasteiger partial charge is 0.504 e. The van der Waals surface area contributed by atoms with E-state index in [4.69, 9.17) is 22.4 Å². The first kappa shape index (κ1) is 12.7. The number of phenolic OH excluding ortho intramolecular Hbond substituents is 1. The van der Waals surface area contributed by atoms with Gasteiger partial charge in [-0.3, -0.25) is 4.79 Å². The van der Waals surface area contributed by atoms with Crippen LogP contribution < -0.4 is 5.73 Å². The van der Waals surface area contributed by atoms with Gasteiger partial charge in [-0.15, -0.1) is 0 Å². The van der Waals surface area contributed by atoms with E-state index >= 15 is 0 Å². The molecular weight excluding hydrogens is 237 g/mol. The zero-order chi connectivity index (χ0) is 12.3. The molecule has 0 heterocycles. The van der Waals surface area contributed by atoms with Crippen LogP contribution in [0.5, 0.6) is 5.75 Å². The second-order valence-corrected chi connectivity index (χ2v) is 3.65. The number of carbonyl (C=O) groups is 1. The fraction of sp³-hybridized carbons (Fsp3) is 0.300. The van der Waals surface area contributed by atoms with Crippen LogP contribution in [0.25, 0.3) is 0 Å². The Balaban J connectivity index is 2.86. The molecule has 0 fully saturated rings. The molecule has 1 aromatic rings. The molecule has 0 unspecified atom stereocenters. The number of ether oxygens (including phenoxy) is 1. The maximum Gasteiger partial charge on any atom is 0.322 e. The van der Waals surface area contributed by atoms with Crippen LogP contribution in [0.4, 0.5) is 4.39 Å². The van der Waals surface area contributed by atoms with Crippen molar-refractivity contribution in [3.63, 3.8) is 0 Å². The van der Waals surface area contributed by atoms with E-state index in [1.807, 2.05) is 0 Å². The standard InChI is InChI=1S/C10H11ClFNO3/c1-16-10(15)8(13)4-5-2-6(11)9(14)7(12)3-5/h2-3,8,14H,4,13H2,1H3/t8-/m1/s1. The number of esters is 1. The summed E-state index contributed by atoms with van der Waals surface area (Å²) in [6.07, 6.45) is 0.0869. The Morgan fingerprint density at radius 2 is 2.31 bits per heavy atom. The third-order valence-electron chi connectivity index (χ3n) is 2.04. The van der Waals surface area contributed by atoms with Gasteiger partial charge in [-0.2, -0.15) is 0 Å². The molecule has 88 valence electrons. The fourth-order valence-electron chi connectivity index (χ4n) is 1.22. The van der Waals surface area contributed by atoms with E-state index < -0.39 is 23.6 Å². The van der Waals surface area contributed by atoms with Crippen LogP contribution in [0.1, 0.15) is 5.56 Å². The Morgan fingerprint density at radius 3 is 2.81 bits per heavy atom. The van der Waals surface area contributed by atoms with Gasteiger partial charge in [-0.25, -0.2) is 4.39 Å². The van der Waals surface area contributed by atoms with E-state index in [1.54, 1.807) is 0 Å². The van der Waals surface area contributed by atoms with Crippen molar-refractivity contribution in [2.75, 3.05) is 7.11 Å². The van der Waals surface area contributed by atoms with E-state index in [9.17, 15) is 9.18 Å².